The van der Waals surface area contributed by atoms with Gasteiger partial charge in [0.15, 0.2) is 0 Å². The van der Waals surface area contributed by atoms with Crippen LogP contribution in [0, 0.1) is 11.8 Å². The first-order chi connectivity index (χ1) is 10.3. The van der Waals surface area contributed by atoms with E-state index in [4.69, 9.17) is 0 Å². The Kier molecular flexibility index (Phi) is 5.63. The van der Waals surface area contributed by atoms with Crippen LogP contribution in [0.1, 0.15) is 31.7 Å². The molecule has 0 amide bonds. The molecular weight excluding hydrogens is 302 g/mol. The SMILES string of the molecule is CC(CN1CCC(C(O)c2nccn2C)CC1)CS(C)(=O)=O. The van der Waals surface area contributed by atoms with Crippen molar-refractivity contribution in [1.29, 1.82) is 0 Å². The molecule has 1 saturated heterocycles. The molecule has 1 aliphatic rings. The van der Waals surface area contributed by atoms with Crippen molar-refractivity contribution in [3.63, 3.8) is 0 Å². The maximum atomic E-state index is 11.3. The summed E-state index contributed by atoms with van der Waals surface area (Å²) < 4.78 is 24.5. The first-order valence-electron chi connectivity index (χ1n) is 7.81. The van der Waals surface area contributed by atoms with Crippen LogP contribution < -0.4 is 0 Å². The minimum Gasteiger partial charge on any atom is -0.385 e. The molecule has 2 atom stereocenters. The normalized spacial score (nSPS) is 20.9. The second kappa shape index (κ2) is 7.10. The first kappa shape index (κ1) is 17.4. The Bertz CT molecular complexity index is 577. The van der Waals surface area contributed by atoms with Gasteiger partial charge < -0.3 is 14.6 Å². The maximum absolute atomic E-state index is 11.3. The third kappa shape index (κ3) is 4.79. The van der Waals surface area contributed by atoms with Gasteiger partial charge in [0.25, 0.3) is 0 Å². The van der Waals surface area contributed by atoms with Crippen LogP contribution in [-0.2, 0) is 16.9 Å². The van der Waals surface area contributed by atoms with Crippen LogP contribution >= 0.6 is 0 Å². The average Bonchev–Trinajstić information content (AvgIpc) is 2.83. The number of likely N-dealkylation sites (tertiary alicyclic amines) is 1. The van der Waals surface area contributed by atoms with E-state index in [9.17, 15) is 13.5 Å². The highest BCUT2D eigenvalue weighted by atomic mass is 32.2. The lowest BCUT2D eigenvalue weighted by Crippen LogP contribution is -2.39. The fourth-order valence-corrected chi connectivity index (χ4v) is 4.47. The second-order valence-corrected chi connectivity index (χ2v) is 8.86. The molecule has 0 radical (unpaired) electrons. The fraction of sp³-hybridized carbons (Fsp3) is 0.800. The van der Waals surface area contributed by atoms with Gasteiger partial charge in [-0.25, -0.2) is 13.4 Å². The molecule has 0 aromatic carbocycles. The topological polar surface area (TPSA) is 75.4 Å². The van der Waals surface area contributed by atoms with E-state index in [1.807, 2.05) is 24.7 Å². The van der Waals surface area contributed by atoms with Crippen molar-refractivity contribution < 1.29 is 13.5 Å². The number of sulfone groups is 1. The molecule has 6 nitrogen and oxygen atoms in total. The van der Waals surface area contributed by atoms with Crippen molar-refractivity contribution in [1.82, 2.24) is 14.5 Å². The molecule has 0 bridgehead atoms. The van der Waals surface area contributed by atoms with Crippen LogP contribution in [-0.4, -0.2) is 59.6 Å². The van der Waals surface area contributed by atoms with E-state index in [1.54, 1.807) is 6.20 Å². The zero-order valence-corrected chi connectivity index (χ0v) is 14.5. The molecule has 7 heteroatoms. The van der Waals surface area contributed by atoms with Gasteiger partial charge in [-0.2, -0.15) is 0 Å². The van der Waals surface area contributed by atoms with E-state index in [2.05, 4.69) is 9.88 Å². The van der Waals surface area contributed by atoms with E-state index in [0.717, 1.165) is 38.3 Å². The van der Waals surface area contributed by atoms with Gasteiger partial charge in [0.1, 0.15) is 21.8 Å². The summed E-state index contributed by atoms with van der Waals surface area (Å²) in [6.45, 7) is 4.59. The van der Waals surface area contributed by atoms with Crippen molar-refractivity contribution in [2.45, 2.75) is 25.9 Å². The highest BCUT2D eigenvalue weighted by Gasteiger charge is 2.29. The Labute approximate surface area is 133 Å². The third-order valence-electron chi connectivity index (χ3n) is 4.36. The fourth-order valence-electron chi connectivity index (χ4n) is 3.33. The van der Waals surface area contributed by atoms with Crippen LogP contribution in [0.4, 0.5) is 0 Å². The Morgan fingerprint density at radius 1 is 1.41 bits per heavy atom. The van der Waals surface area contributed by atoms with E-state index >= 15 is 0 Å². The van der Waals surface area contributed by atoms with Crippen LogP contribution in [0.2, 0.25) is 0 Å². The quantitative estimate of drug-likeness (QED) is 0.837. The lowest BCUT2D eigenvalue weighted by atomic mass is 9.90. The number of hydrogen-bond donors (Lipinski definition) is 1. The number of aromatic nitrogens is 2. The molecule has 2 unspecified atom stereocenters. The largest absolute Gasteiger partial charge is 0.385 e. The number of aliphatic hydroxyl groups excluding tert-OH is 1. The predicted octanol–water partition coefficient (Wildman–Crippen LogP) is 0.846. The lowest BCUT2D eigenvalue weighted by molar-refractivity contribution is 0.0484. The molecule has 1 aromatic rings. The Morgan fingerprint density at radius 2 is 2.05 bits per heavy atom. The molecule has 2 heterocycles. The Hall–Kier alpha value is -0.920. The smallest absolute Gasteiger partial charge is 0.147 e. The van der Waals surface area contributed by atoms with Gasteiger partial charge in [0, 0.05) is 32.2 Å². The summed E-state index contributed by atoms with van der Waals surface area (Å²) in [4.78, 5) is 6.53. The third-order valence-corrected chi connectivity index (χ3v) is 5.53. The van der Waals surface area contributed by atoms with Crippen molar-refractivity contribution >= 4 is 9.84 Å². The van der Waals surface area contributed by atoms with Gasteiger partial charge in [0.05, 0.1) is 5.75 Å². The Balaban J connectivity index is 1.82. The number of aliphatic hydroxyl groups is 1. The number of hydrogen-bond acceptors (Lipinski definition) is 5. The van der Waals surface area contributed by atoms with Crippen molar-refractivity contribution in [3.05, 3.63) is 18.2 Å². The summed E-state index contributed by atoms with van der Waals surface area (Å²) in [5.41, 5.74) is 0. The number of piperidine rings is 1. The first-order valence-corrected chi connectivity index (χ1v) is 9.87. The number of rotatable bonds is 6. The number of aryl methyl sites for hydroxylation is 1. The summed E-state index contributed by atoms with van der Waals surface area (Å²) in [6, 6.07) is 0. The van der Waals surface area contributed by atoms with E-state index < -0.39 is 15.9 Å². The van der Waals surface area contributed by atoms with Gasteiger partial charge in [-0.1, -0.05) is 6.92 Å². The van der Waals surface area contributed by atoms with Crippen LogP contribution in [0.5, 0.6) is 0 Å². The minimum atomic E-state index is -2.91. The summed E-state index contributed by atoms with van der Waals surface area (Å²) in [6.07, 6.45) is 6.16. The number of nitrogens with zero attached hydrogens (tertiary/aromatic N) is 3. The molecular formula is C15H27N3O3S. The highest BCUT2D eigenvalue weighted by Crippen LogP contribution is 2.29. The van der Waals surface area contributed by atoms with Gasteiger partial charge in [-0.3, -0.25) is 0 Å². The maximum Gasteiger partial charge on any atom is 0.147 e. The minimum absolute atomic E-state index is 0.144. The average molecular weight is 329 g/mol. The molecule has 1 fully saturated rings. The lowest BCUT2D eigenvalue weighted by Gasteiger charge is -2.35. The second-order valence-electron chi connectivity index (χ2n) is 6.68. The molecule has 1 aliphatic heterocycles. The molecule has 1 N–H and O–H groups in total. The molecule has 0 aliphatic carbocycles. The molecule has 126 valence electrons. The Morgan fingerprint density at radius 3 is 2.55 bits per heavy atom. The summed E-state index contributed by atoms with van der Waals surface area (Å²) in [5.74, 6) is 1.33. The summed E-state index contributed by atoms with van der Waals surface area (Å²) in [7, 11) is -1.01. The van der Waals surface area contributed by atoms with Gasteiger partial charge in [0.2, 0.25) is 0 Å². The van der Waals surface area contributed by atoms with Crippen molar-refractivity contribution in [2.24, 2.45) is 18.9 Å². The van der Waals surface area contributed by atoms with Crippen molar-refractivity contribution in [2.75, 3.05) is 31.6 Å². The van der Waals surface area contributed by atoms with Gasteiger partial charge in [-0.05, 0) is 37.8 Å². The zero-order valence-electron chi connectivity index (χ0n) is 13.6. The van der Waals surface area contributed by atoms with Gasteiger partial charge in [-0.15, -0.1) is 0 Å². The monoisotopic (exact) mass is 329 g/mol. The zero-order chi connectivity index (χ0) is 16.3. The molecule has 1 aromatic heterocycles. The van der Waals surface area contributed by atoms with Crippen LogP contribution in [0.25, 0.3) is 0 Å². The van der Waals surface area contributed by atoms with E-state index in [1.165, 1.54) is 6.26 Å². The molecule has 0 saturated carbocycles. The van der Waals surface area contributed by atoms with Crippen LogP contribution in [0.15, 0.2) is 12.4 Å². The number of imidazole rings is 1. The van der Waals surface area contributed by atoms with Gasteiger partial charge >= 0.3 is 0 Å². The van der Waals surface area contributed by atoms with Crippen molar-refractivity contribution in [3.8, 4) is 0 Å². The highest BCUT2D eigenvalue weighted by molar-refractivity contribution is 7.90. The predicted molar refractivity (Wildman–Crippen MR) is 86.2 cm³/mol. The molecule has 2 rings (SSSR count). The van der Waals surface area contributed by atoms with E-state index in [-0.39, 0.29) is 17.6 Å². The standard InChI is InChI=1S/C15H27N3O3S/c1-12(11-22(3,20)21)10-18-7-4-13(5-8-18)14(19)15-16-6-9-17(15)2/h6,9,12-14,19H,4-5,7-8,10-11H2,1-3H3. The summed E-state index contributed by atoms with van der Waals surface area (Å²) in [5, 5.41) is 10.5. The summed E-state index contributed by atoms with van der Waals surface area (Å²) >= 11 is 0. The molecule has 0 spiro atoms. The molecule has 22 heavy (non-hydrogen) atoms. The van der Waals surface area contributed by atoms with E-state index in [0.29, 0.717) is 0 Å². The van der Waals surface area contributed by atoms with Crippen LogP contribution in [0.3, 0.4) is 0 Å².